The van der Waals surface area contributed by atoms with Crippen molar-refractivity contribution in [3.63, 3.8) is 0 Å². The van der Waals surface area contributed by atoms with E-state index in [4.69, 9.17) is 4.74 Å². The second kappa shape index (κ2) is 11.8. The van der Waals surface area contributed by atoms with Crippen molar-refractivity contribution in [2.45, 2.75) is 58.9 Å². The topological polar surface area (TPSA) is 111 Å². The zero-order valence-electron chi connectivity index (χ0n) is 19.5. The zero-order valence-corrected chi connectivity index (χ0v) is 19.5. The van der Waals surface area contributed by atoms with Crippen LogP contribution >= 0.6 is 0 Å². The van der Waals surface area contributed by atoms with E-state index in [2.05, 4.69) is 34.0 Å². The van der Waals surface area contributed by atoms with Crippen molar-refractivity contribution >= 4 is 12.3 Å². The molecule has 1 saturated heterocycles. The van der Waals surface area contributed by atoms with Gasteiger partial charge in [0, 0.05) is 50.9 Å². The number of carbonyl (C=O) groups excluding carboxylic acids is 2. The largest absolute Gasteiger partial charge is 0.379 e. The van der Waals surface area contributed by atoms with Crippen molar-refractivity contribution in [3.8, 4) is 0 Å². The summed E-state index contributed by atoms with van der Waals surface area (Å²) in [7, 11) is 0. The van der Waals surface area contributed by atoms with Crippen molar-refractivity contribution in [1.82, 2.24) is 25.2 Å². The predicted molar refractivity (Wildman–Crippen MR) is 120 cm³/mol. The summed E-state index contributed by atoms with van der Waals surface area (Å²) in [6.07, 6.45) is 7.80. The monoisotopic (exact) mass is 449 g/mol. The molecule has 180 valence electrons. The lowest BCUT2D eigenvalue weighted by molar-refractivity contribution is -0.154. The van der Waals surface area contributed by atoms with Crippen LogP contribution in [0, 0.1) is 17.3 Å². The molecule has 1 saturated carbocycles. The van der Waals surface area contributed by atoms with Gasteiger partial charge in [-0.3, -0.25) is 19.7 Å². The normalized spacial score (nSPS) is 19.1. The second-order valence-electron chi connectivity index (χ2n) is 10.1. The number of hydroxylamine groups is 2. The number of hydrogen-bond donors (Lipinski definition) is 3. The summed E-state index contributed by atoms with van der Waals surface area (Å²) in [6.45, 7) is 9.27. The molecule has 0 spiro atoms. The van der Waals surface area contributed by atoms with Gasteiger partial charge >= 0.3 is 0 Å². The van der Waals surface area contributed by atoms with Crippen LogP contribution in [0.3, 0.4) is 0 Å². The standard InChI is InChI=1S/C23H39N5O4/c1-23(2,12-21-24-13-20(26-21)15-27-7-9-32-10-8-27)16-25-22(30)11-19(14-28(31)17-29)18-5-3-4-6-18/h13,17-19,31H,3-12,14-16H2,1-2H3,(H,24,26)(H,25,30). The first-order chi connectivity index (χ1) is 15.3. The number of H-pyrrole nitrogens is 1. The molecule has 1 unspecified atom stereocenters. The van der Waals surface area contributed by atoms with Gasteiger partial charge < -0.3 is 15.0 Å². The number of hydrogen-bond acceptors (Lipinski definition) is 6. The summed E-state index contributed by atoms with van der Waals surface area (Å²) in [5, 5.41) is 13.4. The molecule has 9 nitrogen and oxygen atoms in total. The molecule has 0 bridgehead atoms. The molecule has 2 heterocycles. The molecule has 1 aromatic rings. The number of imidazole rings is 1. The van der Waals surface area contributed by atoms with E-state index in [0.717, 1.165) is 76.5 Å². The molecule has 1 aliphatic carbocycles. The molecule has 9 heteroatoms. The fourth-order valence-electron chi connectivity index (χ4n) is 4.83. The Kier molecular flexibility index (Phi) is 9.07. The Balaban J connectivity index is 1.45. The van der Waals surface area contributed by atoms with Crippen LogP contribution in [0.5, 0.6) is 0 Å². The number of morpholine rings is 1. The maximum absolute atomic E-state index is 12.7. The molecule has 2 amide bonds. The van der Waals surface area contributed by atoms with Crippen molar-refractivity contribution in [2.75, 3.05) is 39.4 Å². The van der Waals surface area contributed by atoms with Crippen molar-refractivity contribution in [3.05, 3.63) is 17.7 Å². The molecule has 0 radical (unpaired) electrons. The SMILES string of the molecule is CC(C)(CNC(=O)CC(CN(O)C=O)C1CCCC1)Cc1ncc(CN2CCOCC2)[nH]1. The highest BCUT2D eigenvalue weighted by Crippen LogP contribution is 2.33. The van der Waals surface area contributed by atoms with Crippen LogP contribution in [0.4, 0.5) is 0 Å². The molecule has 3 rings (SSSR count). The van der Waals surface area contributed by atoms with E-state index in [-0.39, 0.29) is 23.8 Å². The van der Waals surface area contributed by atoms with Gasteiger partial charge in [0.25, 0.3) is 0 Å². The molecular weight excluding hydrogens is 410 g/mol. The first-order valence-electron chi connectivity index (χ1n) is 11.8. The van der Waals surface area contributed by atoms with E-state index in [1.165, 1.54) is 0 Å². The highest BCUT2D eigenvalue weighted by molar-refractivity contribution is 5.76. The number of aromatic amines is 1. The number of rotatable bonds is 12. The minimum Gasteiger partial charge on any atom is -0.379 e. The Bertz CT molecular complexity index is 726. The lowest BCUT2D eigenvalue weighted by Gasteiger charge is -2.27. The Morgan fingerprint density at radius 3 is 2.81 bits per heavy atom. The summed E-state index contributed by atoms with van der Waals surface area (Å²) >= 11 is 0. The summed E-state index contributed by atoms with van der Waals surface area (Å²) < 4.78 is 5.40. The van der Waals surface area contributed by atoms with E-state index in [1.54, 1.807) is 0 Å². The second-order valence-corrected chi connectivity index (χ2v) is 10.1. The Morgan fingerprint density at radius 2 is 2.12 bits per heavy atom. The van der Waals surface area contributed by atoms with Gasteiger partial charge in [-0.15, -0.1) is 0 Å². The van der Waals surface area contributed by atoms with Crippen LogP contribution in [0.15, 0.2) is 6.20 Å². The van der Waals surface area contributed by atoms with Gasteiger partial charge in [-0.2, -0.15) is 0 Å². The quantitative estimate of drug-likeness (QED) is 0.256. The first kappa shape index (κ1) is 24.7. The number of nitrogens with one attached hydrogen (secondary N) is 2. The van der Waals surface area contributed by atoms with Gasteiger partial charge in [-0.05, 0) is 17.3 Å². The maximum atomic E-state index is 12.7. The van der Waals surface area contributed by atoms with Gasteiger partial charge in [0.1, 0.15) is 5.82 Å². The minimum absolute atomic E-state index is 0.0105. The third-order valence-corrected chi connectivity index (χ3v) is 6.65. The Hall–Kier alpha value is -1.97. The smallest absolute Gasteiger partial charge is 0.233 e. The lowest BCUT2D eigenvalue weighted by Crippen LogP contribution is -2.38. The molecule has 2 fully saturated rings. The number of carbonyl (C=O) groups is 2. The minimum atomic E-state index is -0.154. The Labute approximate surface area is 190 Å². The number of nitrogens with zero attached hydrogens (tertiary/aromatic N) is 3. The van der Waals surface area contributed by atoms with Gasteiger partial charge in [0.05, 0.1) is 19.8 Å². The highest BCUT2D eigenvalue weighted by atomic mass is 16.5. The summed E-state index contributed by atoms with van der Waals surface area (Å²) in [5.41, 5.74) is 0.947. The molecule has 2 aliphatic rings. The Morgan fingerprint density at radius 1 is 1.41 bits per heavy atom. The van der Waals surface area contributed by atoms with Crippen molar-refractivity contribution < 1.29 is 19.5 Å². The maximum Gasteiger partial charge on any atom is 0.233 e. The molecular formula is C23H39N5O4. The van der Waals surface area contributed by atoms with Crippen molar-refractivity contribution in [2.24, 2.45) is 17.3 Å². The van der Waals surface area contributed by atoms with E-state index >= 15 is 0 Å². The molecule has 3 N–H and O–H groups in total. The summed E-state index contributed by atoms with van der Waals surface area (Å²) in [4.78, 5) is 33.8. The van der Waals surface area contributed by atoms with Crippen LogP contribution in [-0.4, -0.2) is 76.8 Å². The fourth-order valence-corrected chi connectivity index (χ4v) is 4.83. The highest BCUT2D eigenvalue weighted by Gasteiger charge is 2.29. The number of aromatic nitrogens is 2. The average Bonchev–Trinajstić information content (AvgIpc) is 3.45. The van der Waals surface area contributed by atoms with Crippen LogP contribution in [0.2, 0.25) is 0 Å². The molecule has 0 aromatic carbocycles. The lowest BCUT2D eigenvalue weighted by atomic mass is 9.86. The molecule has 32 heavy (non-hydrogen) atoms. The van der Waals surface area contributed by atoms with Gasteiger partial charge in [0.2, 0.25) is 12.3 Å². The van der Waals surface area contributed by atoms with E-state index in [9.17, 15) is 14.8 Å². The predicted octanol–water partition coefficient (Wildman–Crippen LogP) is 1.97. The van der Waals surface area contributed by atoms with Crippen LogP contribution in [0.1, 0.15) is 57.5 Å². The van der Waals surface area contributed by atoms with E-state index in [1.807, 2.05) is 6.20 Å². The third kappa shape index (κ3) is 7.86. The fraction of sp³-hybridized carbons (Fsp3) is 0.783. The zero-order chi connectivity index (χ0) is 23.0. The van der Waals surface area contributed by atoms with Crippen molar-refractivity contribution in [1.29, 1.82) is 0 Å². The summed E-state index contributed by atoms with van der Waals surface area (Å²) in [6, 6.07) is 0. The van der Waals surface area contributed by atoms with E-state index in [0.29, 0.717) is 30.4 Å². The van der Waals surface area contributed by atoms with Crippen LogP contribution in [-0.2, 0) is 27.3 Å². The number of ether oxygens (including phenoxy) is 1. The third-order valence-electron chi connectivity index (χ3n) is 6.65. The molecule has 1 atom stereocenters. The van der Waals surface area contributed by atoms with Crippen LogP contribution in [0.25, 0.3) is 0 Å². The average molecular weight is 450 g/mol. The molecule has 1 aromatic heterocycles. The van der Waals surface area contributed by atoms with Gasteiger partial charge in [-0.1, -0.05) is 39.5 Å². The summed E-state index contributed by atoms with van der Waals surface area (Å²) in [5.74, 6) is 1.28. The van der Waals surface area contributed by atoms with E-state index < -0.39 is 0 Å². The van der Waals surface area contributed by atoms with Crippen LogP contribution < -0.4 is 5.32 Å². The first-order valence-corrected chi connectivity index (χ1v) is 11.8. The molecule has 1 aliphatic heterocycles. The van der Waals surface area contributed by atoms with Gasteiger partial charge in [-0.25, -0.2) is 10.0 Å². The van der Waals surface area contributed by atoms with Gasteiger partial charge in [0.15, 0.2) is 0 Å². The number of amides is 2.